The van der Waals surface area contributed by atoms with Gasteiger partial charge >= 0.3 is 0 Å². The van der Waals surface area contributed by atoms with E-state index in [0.717, 1.165) is 17.0 Å². The number of hydrogen-bond acceptors (Lipinski definition) is 9. The molecule has 0 bridgehead atoms. The average Bonchev–Trinajstić information content (AvgIpc) is 2.92. The highest BCUT2D eigenvalue weighted by Crippen LogP contribution is 2.32. The molecule has 0 radical (unpaired) electrons. The number of hydrogen-bond donors (Lipinski definition) is 3. The largest absolute Gasteiger partial charge is 0.497 e. The molecule has 2 aliphatic rings. The third-order valence-corrected chi connectivity index (χ3v) is 7.70. The van der Waals surface area contributed by atoms with Crippen molar-refractivity contribution in [3.63, 3.8) is 0 Å². The molecule has 3 aromatic rings. The second kappa shape index (κ2) is 11.3. The zero-order valence-electron chi connectivity index (χ0n) is 20.5. The first kappa shape index (κ1) is 25.2. The van der Waals surface area contributed by atoms with Gasteiger partial charge in [0.05, 0.1) is 35.8 Å². The van der Waals surface area contributed by atoms with Crippen LogP contribution in [0, 0.1) is 5.92 Å². The zero-order valence-corrected chi connectivity index (χ0v) is 21.3. The summed E-state index contributed by atoms with van der Waals surface area (Å²) in [5.74, 6) is 1.16. The van der Waals surface area contributed by atoms with Gasteiger partial charge < -0.3 is 25.2 Å². The highest BCUT2D eigenvalue weighted by atomic mass is 32.2. The maximum Gasteiger partial charge on any atom is 0.251 e. The molecule has 2 atom stereocenters. The fraction of sp³-hybridized carbons (Fsp3) is 0.385. The number of carbonyl (C=O) groups is 2. The van der Waals surface area contributed by atoms with Crippen LogP contribution in [0.2, 0.25) is 0 Å². The average molecular weight is 524 g/mol. The second-order valence-electron chi connectivity index (χ2n) is 9.07. The Hall–Kier alpha value is -3.41. The highest BCUT2D eigenvalue weighted by molar-refractivity contribution is 8.00. The first-order chi connectivity index (χ1) is 18.0. The van der Waals surface area contributed by atoms with E-state index in [9.17, 15) is 14.7 Å². The van der Waals surface area contributed by atoms with Crippen molar-refractivity contribution in [2.75, 3.05) is 51.0 Å². The Morgan fingerprint density at radius 2 is 2.16 bits per heavy atom. The van der Waals surface area contributed by atoms with Gasteiger partial charge in [-0.15, -0.1) is 11.8 Å². The quantitative estimate of drug-likeness (QED) is 0.407. The van der Waals surface area contributed by atoms with E-state index in [4.69, 9.17) is 9.47 Å². The van der Waals surface area contributed by atoms with Crippen molar-refractivity contribution >= 4 is 40.3 Å². The molecule has 0 unspecified atom stereocenters. The summed E-state index contributed by atoms with van der Waals surface area (Å²) in [5, 5.41) is 15.9. The number of nitrogens with zero attached hydrogens (tertiary/aromatic N) is 3. The molecule has 37 heavy (non-hydrogen) atoms. The number of likely N-dealkylation sites (tertiary alicyclic amines) is 1. The van der Waals surface area contributed by atoms with Gasteiger partial charge in [-0.3, -0.25) is 14.5 Å². The SMILES string of the molecule is COc1ccc2ncc(OCCN3CC[C@H](NC(=O)c4ccc5c(c4)NC(=O)CS5)[C@@H](CO)C3)nc2c1. The summed E-state index contributed by atoms with van der Waals surface area (Å²) in [5.41, 5.74) is 2.62. The molecule has 2 aliphatic heterocycles. The molecule has 1 fully saturated rings. The molecule has 0 spiro atoms. The number of thioether (sulfide) groups is 1. The number of anilines is 1. The van der Waals surface area contributed by atoms with Crippen molar-refractivity contribution in [1.29, 1.82) is 0 Å². The van der Waals surface area contributed by atoms with Crippen LogP contribution in [-0.4, -0.2) is 83.5 Å². The summed E-state index contributed by atoms with van der Waals surface area (Å²) in [4.78, 5) is 36.7. The number of aliphatic hydroxyl groups is 1. The van der Waals surface area contributed by atoms with E-state index >= 15 is 0 Å². The normalized spacial score (nSPS) is 19.7. The number of carbonyl (C=O) groups excluding carboxylic acids is 2. The Kier molecular flexibility index (Phi) is 7.73. The predicted octanol–water partition coefficient (Wildman–Crippen LogP) is 2.17. The maximum atomic E-state index is 12.9. The number of aromatic nitrogens is 2. The molecule has 10 nitrogen and oxygen atoms in total. The number of fused-ring (bicyclic) bond motifs is 2. The van der Waals surface area contributed by atoms with Crippen LogP contribution >= 0.6 is 11.8 Å². The van der Waals surface area contributed by atoms with Gasteiger partial charge in [-0.1, -0.05) is 0 Å². The van der Waals surface area contributed by atoms with E-state index in [-0.39, 0.29) is 30.4 Å². The van der Waals surface area contributed by atoms with Crippen LogP contribution in [0.15, 0.2) is 47.5 Å². The van der Waals surface area contributed by atoms with E-state index < -0.39 is 0 Å². The molecule has 0 saturated carbocycles. The number of nitrogens with one attached hydrogen (secondary N) is 2. The smallest absolute Gasteiger partial charge is 0.251 e. The topological polar surface area (TPSA) is 126 Å². The van der Waals surface area contributed by atoms with Gasteiger partial charge in [-0.05, 0) is 36.8 Å². The van der Waals surface area contributed by atoms with E-state index in [2.05, 4.69) is 25.5 Å². The van der Waals surface area contributed by atoms with Crippen molar-refractivity contribution < 1.29 is 24.2 Å². The molecule has 5 rings (SSSR count). The number of benzene rings is 2. The molecule has 1 aromatic heterocycles. The standard InChI is InChI=1S/C26H29N5O5S/c1-35-18-3-4-20-21(11-18)29-25(12-27-20)36-9-8-31-7-6-19(17(13-31)14-32)30-26(34)16-2-5-23-22(10-16)28-24(33)15-37-23/h2-5,10-12,17,19,32H,6-9,13-15H2,1H3,(H,28,33)(H,30,34)/t17-,19+/m1/s1. The Balaban J connectivity index is 1.13. The minimum Gasteiger partial charge on any atom is -0.497 e. The summed E-state index contributed by atoms with van der Waals surface area (Å²) in [6.07, 6.45) is 2.32. The minimum atomic E-state index is -0.209. The van der Waals surface area contributed by atoms with Crippen molar-refractivity contribution in [2.45, 2.75) is 17.4 Å². The van der Waals surface area contributed by atoms with Crippen LogP contribution in [0.25, 0.3) is 11.0 Å². The molecule has 1 saturated heterocycles. The summed E-state index contributed by atoms with van der Waals surface area (Å²) >= 11 is 1.46. The molecule has 11 heteroatoms. The van der Waals surface area contributed by atoms with Crippen LogP contribution in [-0.2, 0) is 4.79 Å². The summed E-state index contributed by atoms with van der Waals surface area (Å²) in [7, 11) is 1.61. The predicted molar refractivity (Wildman–Crippen MR) is 140 cm³/mol. The third-order valence-electron chi connectivity index (χ3n) is 6.63. The van der Waals surface area contributed by atoms with Crippen LogP contribution in [0.5, 0.6) is 11.6 Å². The number of amides is 2. The number of rotatable bonds is 8. The molecule has 194 valence electrons. The minimum absolute atomic E-state index is 0.0306. The van der Waals surface area contributed by atoms with Gasteiger partial charge in [0.1, 0.15) is 12.4 Å². The molecule has 2 amide bonds. The lowest BCUT2D eigenvalue weighted by Gasteiger charge is -2.38. The van der Waals surface area contributed by atoms with Gasteiger partial charge in [0.2, 0.25) is 11.8 Å². The fourth-order valence-corrected chi connectivity index (χ4v) is 5.40. The van der Waals surface area contributed by atoms with Gasteiger partial charge in [-0.25, -0.2) is 9.97 Å². The van der Waals surface area contributed by atoms with Gasteiger partial charge in [0.15, 0.2) is 0 Å². The monoisotopic (exact) mass is 523 g/mol. The number of methoxy groups -OCH3 is 1. The lowest BCUT2D eigenvalue weighted by Crippen LogP contribution is -2.52. The molecule has 2 aromatic carbocycles. The van der Waals surface area contributed by atoms with E-state index in [1.807, 2.05) is 24.3 Å². The van der Waals surface area contributed by atoms with Crippen LogP contribution < -0.4 is 20.1 Å². The first-order valence-corrected chi connectivity index (χ1v) is 13.2. The molecule has 0 aliphatic carbocycles. The maximum absolute atomic E-state index is 12.9. The Bertz CT molecular complexity index is 1310. The Morgan fingerprint density at radius 3 is 3.00 bits per heavy atom. The van der Waals surface area contributed by atoms with Crippen molar-refractivity contribution in [2.24, 2.45) is 5.92 Å². The number of piperidine rings is 1. The van der Waals surface area contributed by atoms with E-state index in [1.54, 1.807) is 25.4 Å². The Labute approximate surface area is 218 Å². The van der Waals surface area contributed by atoms with Crippen LogP contribution in [0.3, 0.4) is 0 Å². The van der Waals surface area contributed by atoms with Crippen LogP contribution in [0.1, 0.15) is 16.8 Å². The molecular formula is C26H29N5O5S. The zero-order chi connectivity index (χ0) is 25.8. The van der Waals surface area contributed by atoms with E-state index in [0.29, 0.717) is 60.3 Å². The molecule has 3 N–H and O–H groups in total. The summed E-state index contributed by atoms with van der Waals surface area (Å²) in [6, 6.07) is 10.7. The second-order valence-corrected chi connectivity index (χ2v) is 10.1. The van der Waals surface area contributed by atoms with Crippen LogP contribution in [0.4, 0.5) is 5.69 Å². The third kappa shape index (κ3) is 5.95. The van der Waals surface area contributed by atoms with Gasteiger partial charge in [-0.2, -0.15) is 0 Å². The fourth-order valence-electron chi connectivity index (χ4n) is 4.61. The number of ether oxygens (including phenoxy) is 2. The number of aliphatic hydroxyl groups excluding tert-OH is 1. The lowest BCUT2D eigenvalue weighted by atomic mass is 9.92. The molecular weight excluding hydrogens is 494 g/mol. The van der Waals surface area contributed by atoms with E-state index in [1.165, 1.54) is 11.8 Å². The first-order valence-electron chi connectivity index (χ1n) is 12.2. The van der Waals surface area contributed by atoms with Gasteiger partial charge in [0, 0.05) is 54.7 Å². The van der Waals surface area contributed by atoms with Gasteiger partial charge in [0.25, 0.3) is 5.91 Å². The summed E-state index contributed by atoms with van der Waals surface area (Å²) < 4.78 is 11.1. The highest BCUT2D eigenvalue weighted by Gasteiger charge is 2.30. The Morgan fingerprint density at radius 1 is 1.27 bits per heavy atom. The van der Waals surface area contributed by atoms with Crippen molar-refractivity contribution in [1.82, 2.24) is 20.2 Å². The van der Waals surface area contributed by atoms with Crippen molar-refractivity contribution in [3.05, 3.63) is 48.2 Å². The summed E-state index contributed by atoms with van der Waals surface area (Å²) in [6.45, 7) is 2.47. The lowest BCUT2D eigenvalue weighted by molar-refractivity contribution is -0.113. The molecule has 3 heterocycles. The van der Waals surface area contributed by atoms with Crippen molar-refractivity contribution in [3.8, 4) is 11.6 Å².